The number of halogens is 1. The van der Waals surface area contributed by atoms with Gasteiger partial charge in [-0.1, -0.05) is 6.07 Å². The zero-order chi connectivity index (χ0) is 13.0. The quantitative estimate of drug-likeness (QED) is 0.844. The second kappa shape index (κ2) is 5.93. The van der Waals surface area contributed by atoms with Crippen LogP contribution in [-0.2, 0) is 4.79 Å². The molecule has 0 radical (unpaired) electrons. The van der Waals surface area contributed by atoms with Crippen molar-refractivity contribution >= 4 is 11.6 Å². The van der Waals surface area contributed by atoms with E-state index in [1.54, 1.807) is 12.1 Å². The Hall–Kier alpha value is -1.46. The van der Waals surface area contributed by atoms with E-state index in [1.807, 2.05) is 0 Å². The maximum atomic E-state index is 13.0. The van der Waals surface area contributed by atoms with Gasteiger partial charge in [0.15, 0.2) is 0 Å². The van der Waals surface area contributed by atoms with Crippen molar-refractivity contribution in [1.82, 2.24) is 10.2 Å². The molecule has 18 heavy (non-hydrogen) atoms. The Bertz CT molecular complexity index is 424. The lowest BCUT2D eigenvalue weighted by Gasteiger charge is -2.31. The average molecular weight is 251 g/mol. The van der Waals surface area contributed by atoms with E-state index in [2.05, 4.69) is 22.5 Å². The minimum absolute atomic E-state index is 0.102. The number of carbonyl (C=O) groups is 1. The number of benzene rings is 1. The minimum atomic E-state index is -0.344. The first kappa shape index (κ1) is 13.0. The van der Waals surface area contributed by atoms with Gasteiger partial charge in [0.05, 0.1) is 6.54 Å². The summed E-state index contributed by atoms with van der Waals surface area (Å²) in [5.74, 6) is -0.446. The van der Waals surface area contributed by atoms with Crippen LogP contribution in [0.4, 0.5) is 10.1 Å². The molecule has 0 unspecified atom stereocenters. The molecule has 1 aromatic carbocycles. The molecule has 0 saturated carbocycles. The van der Waals surface area contributed by atoms with Gasteiger partial charge in [0.25, 0.3) is 0 Å². The average Bonchev–Trinajstić information content (AvgIpc) is 2.28. The Balaban J connectivity index is 1.85. The van der Waals surface area contributed by atoms with E-state index in [0.717, 1.165) is 19.6 Å². The van der Waals surface area contributed by atoms with Gasteiger partial charge >= 0.3 is 0 Å². The van der Waals surface area contributed by atoms with Crippen molar-refractivity contribution in [1.29, 1.82) is 0 Å². The SMILES string of the molecule is C[C@H]1CN(CC(=O)Nc2cccc(F)c2)CCN1. The summed E-state index contributed by atoms with van der Waals surface area (Å²) in [6, 6.07) is 6.34. The Labute approximate surface area is 106 Å². The van der Waals surface area contributed by atoms with Crippen LogP contribution in [0, 0.1) is 5.82 Å². The highest BCUT2D eigenvalue weighted by atomic mass is 19.1. The van der Waals surface area contributed by atoms with Crippen LogP contribution in [0.3, 0.4) is 0 Å². The second-order valence-corrected chi connectivity index (χ2v) is 4.65. The second-order valence-electron chi connectivity index (χ2n) is 4.65. The fourth-order valence-corrected chi connectivity index (χ4v) is 2.13. The molecule has 1 aromatic rings. The van der Waals surface area contributed by atoms with Crippen molar-refractivity contribution in [2.75, 3.05) is 31.5 Å². The van der Waals surface area contributed by atoms with Crippen molar-refractivity contribution in [3.63, 3.8) is 0 Å². The molecule has 1 aliphatic heterocycles. The number of hydrogen-bond donors (Lipinski definition) is 2. The maximum Gasteiger partial charge on any atom is 0.238 e. The molecular formula is C13H18FN3O. The molecule has 1 atom stereocenters. The predicted octanol–water partition coefficient (Wildman–Crippen LogP) is 1.06. The van der Waals surface area contributed by atoms with Crippen molar-refractivity contribution in [3.8, 4) is 0 Å². The van der Waals surface area contributed by atoms with E-state index in [0.29, 0.717) is 18.3 Å². The molecule has 4 nitrogen and oxygen atoms in total. The van der Waals surface area contributed by atoms with Crippen LogP contribution in [0.1, 0.15) is 6.92 Å². The van der Waals surface area contributed by atoms with Gasteiger partial charge in [-0.3, -0.25) is 9.69 Å². The smallest absolute Gasteiger partial charge is 0.238 e. The molecule has 1 heterocycles. The van der Waals surface area contributed by atoms with Crippen molar-refractivity contribution in [3.05, 3.63) is 30.1 Å². The summed E-state index contributed by atoms with van der Waals surface area (Å²) >= 11 is 0. The van der Waals surface area contributed by atoms with E-state index < -0.39 is 0 Å². The summed E-state index contributed by atoms with van der Waals surface area (Å²) in [6.45, 7) is 5.06. The lowest BCUT2D eigenvalue weighted by molar-refractivity contribution is -0.117. The number of hydrogen-bond acceptors (Lipinski definition) is 3. The lowest BCUT2D eigenvalue weighted by atomic mass is 10.2. The predicted molar refractivity (Wildman–Crippen MR) is 68.9 cm³/mol. The third-order valence-corrected chi connectivity index (χ3v) is 2.93. The summed E-state index contributed by atoms with van der Waals surface area (Å²) in [7, 11) is 0. The summed E-state index contributed by atoms with van der Waals surface area (Å²) < 4.78 is 13.0. The maximum absolute atomic E-state index is 13.0. The molecule has 1 saturated heterocycles. The first-order valence-electron chi connectivity index (χ1n) is 6.14. The number of piperazine rings is 1. The van der Waals surface area contributed by atoms with E-state index >= 15 is 0 Å². The third kappa shape index (κ3) is 3.78. The third-order valence-electron chi connectivity index (χ3n) is 2.93. The molecule has 1 aliphatic rings. The molecule has 5 heteroatoms. The van der Waals surface area contributed by atoms with Gasteiger partial charge in [-0.25, -0.2) is 4.39 Å². The monoisotopic (exact) mass is 251 g/mol. The molecule has 2 N–H and O–H groups in total. The molecule has 0 aliphatic carbocycles. The number of carbonyl (C=O) groups excluding carboxylic acids is 1. The largest absolute Gasteiger partial charge is 0.325 e. The zero-order valence-electron chi connectivity index (χ0n) is 10.4. The lowest BCUT2D eigenvalue weighted by Crippen LogP contribution is -2.51. The fourth-order valence-electron chi connectivity index (χ4n) is 2.13. The molecule has 2 rings (SSSR count). The highest BCUT2D eigenvalue weighted by molar-refractivity contribution is 5.92. The number of nitrogens with one attached hydrogen (secondary N) is 2. The van der Waals surface area contributed by atoms with Crippen molar-refractivity contribution in [2.24, 2.45) is 0 Å². The van der Waals surface area contributed by atoms with Gasteiger partial charge in [0.1, 0.15) is 5.82 Å². The zero-order valence-corrected chi connectivity index (χ0v) is 10.4. The van der Waals surface area contributed by atoms with Gasteiger partial charge < -0.3 is 10.6 Å². The van der Waals surface area contributed by atoms with Gasteiger partial charge in [0.2, 0.25) is 5.91 Å². The van der Waals surface area contributed by atoms with Crippen LogP contribution in [0.5, 0.6) is 0 Å². The van der Waals surface area contributed by atoms with Crippen molar-refractivity contribution < 1.29 is 9.18 Å². The first-order chi connectivity index (χ1) is 8.63. The van der Waals surface area contributed by atoms with E-state index in [9.17, 15) is 9.18 Å². The highest BCUT2D eigenvalue weighted by Crippen LogP contribution is 2.09. The van der Waals surface area contributed by atoms with E-state index in [1.165, 1.54) is 12.1 Å². The van der Waals surface area contributed by atoms with Crippen LogP contribution in [0.15, 0.2) is 24.3 Å². The molecule has 1 fully saturated rings. The van der Waals surface area contributed by atoms with Gasteiger partial charge in [0, 0.05) is 31.4 Å². The highest BCUT2D eigenvalue weighted by Gasteiger charge is 2.17. The van der Waals surface area contributed by atoms with E-state index in [-0.39, 0.29) is 11.7 Å². The van der Waals surface area contributed by atoms with Gasteiger partial charge in [-0.2, -0.15) is 0 Å². The Morgan fingerprint density at radius 3 is 3.17 bits per heavy atom. The molecule has 1 amide bonds. The molecule has 98 valence electrons. The van der Waals surface area contributed by atoms with Gasteiger partial charge in [-0.15, -0.1) is 0 Å². The fraction of sp³-hybridized carbons (Fsp3) is 0.462. The van der Waals surface area contributed by atoms with Crippen LogP contribution >= 0.6 is 0 Å². The number of nitrogens with zero attached hydrogens (tertiary/aromatic N) is 1. The molecule has 0 spiro atoms. The summed E-state index contributed by atoms with van der Waals surface area (Å²) in [6.07, 6.45) is 0. The van der Waals surface area contributed by atoms with Crippen LogP contribution in [-0.4, -0.2) is 43.0 Å². The Kier molecular flexibility index (Phi) is 4.28. The summed E-state index contributed by atoms with van der Waals surface area (Å²) in [5.41, 5.74) is 0.503. The Morgan fingerprint density at radius 2 is 2.44 bits per heavy atom. The Morgan fingerprint density at radius 1 is 1.61 bits per heavy atom. The van der Waals surface area contributed by atoms with Crippen LogP contribution in [0.2, 0.25) is 0 Å². The summed E-state index contributed by atoms with van der Waals surface area (Å²) in [5, 5.41) is 6.02. The number of anilines is 1. The van der Waals surface area contributed by atoms with E-state index in [4.69, 9.17) is 0 Å². The minimum Gasteiger partial charge on any atom is -0.325 e. The first-order valence-corrected chi connectivity index (χ1v) is 6.14. The molecule has 0 aromatic heterocycles. The van der Waals surface area contributed by atoms with Crippen molar-refractivity contribution in [2.45, 2.75) is 13.0 Å². The van der Waals surface area contributed by atoms with Crippen LogP contribution in [0.25, 0.3) is 0 Å². The molecule has 0 bridgehead atoms. The standard InChI is InChI=1S/C13H18FN3O/c1-10-8-17(6-5-15-10)9-13(18)16-12-4-2-3-11(14)7-12/h2-4,7,10,15H,5-6,8-9H2,1H3,(H,16,18)/t10-/m0/s1. The van der Waals surface area contributed by atoms with Gasteiger partial charge in [-0.05, 0) is 25.1 Å². The number of rotatable bonds is 3. The van der Waals surface area contributed by atoms with Crippen LogP contribution < -0.4 is 10.6 Å². The normalized spacial score (nSPS) is 20.7. The molecular weight excluding hydrogens is 233 g/mol. The number of amides is 1. The summed E-state index contributed by atoms with van der Waals surface area (Å²) in [4.78, 5) is 13.9. The topological polar surface area (TPSA) is 44.4 Å².